The Morgan fingerprint density at radius 2 is 2.00 bits per heavy atom. The van der Waals surface area contributed by atoms with Crippen molar-refractivity contribution >= 4 is 54.9 Å². The first-order chi connectivity index (χ1) is 7.39. The third-order valence-corrected chi connectivity index (χ3v) is 3.79. The van der Waals surface area contributed by atoms with Crippen LogP contribution < -0.4 is 0 Å². The van der Waals surface area contributed by atoms with Gasteiger partial charge in [-0.05, 0) is 22.6 Å². The van der Waals surface area contributed by atoms with Crippen LogP contribution in [0.4, 0.5) is 0 Å². The molecule has 0 fully saturated rings. The van der Waals surface area contributed by atoms with Crippen molar-refractivity contribution in [2.75, 3.05) is 6.26 Å². The van der Waals surface area contributed by atoms with Crippen molar-refractivity contribution in [1.29, 1.82) is 0 Å². The normalized spacial score (nSPS) is 11.9. The zero-order valence-electron chi connectivity index (χ0n) is 7.98. The molecule has 8 heteroatoms. The minimum Gasteiger partial charge on any atom is -0.243 e. The molecule has 0 spiro atoms. The first-order valence-corrected chi connectivity index (χ1v) is 7.41. The van der Waals surface area contributed by atoms with E-state index in [9.17, 15) is 8.42 Å². The molecule has 0 bridgehead atoms. The van der Waals surface area contributed by atoms with Gasteiger partial charge in [0.25, 0.3) is 0 Å². The van der Waals surface area contributed by atoms with Crippen LogP contribution in [0.25, 0.3) is 10.9 Å². The summed E-state index contributed by atoms with van der Waals surface area (Å²) in [5.74, 6) is 0. The van der Waals surface area contributed by atoms with Crippen LogP contribution in [0.3, 0.4) is 0 Å². The highest BCUT2D eigenvalue weighted by Crippen LogP contribution is 2.23. The second-order valence-corrected chi connectivity index (χ2v) is 6.51. The van der Waals surface area contributed by atoms with E-state index in [-0.39, 0.29) is 10.3 Å². The topological polar surface area (TPSA) is 72.8 Å². The van der Waals surface area contributed by atoms with Crippen LogP contribution in [0.2, 0.25) is 5.15 Å². The lowest BCUT2D eigenvalue weighted by Crippen LogP contribution is -2.04. The number of rotatable bonds is 1. The van der Waals surface area contributed by atoms with Crippen LogP contribution in [-0.4, -0.2) is 29.6 Å². The molecule has 0 saturated heterocycles. The minimum atomic E-state index is -3.41. The molecule has 0 amide bonds. The first kappa shape index (κ1) is 11.9. The molecule has 2 heterocycles. The lowest BCUT2D eigenvalue weighted by molar-refractivity contribution is 0.593. The van der Waals surface area contributed by atoms with Gasteiger partial charge in [-0.1, -0.05) is 11.6 Å². The van der Waals surface area contributed by atoms with Gasteiger partial charge in [-0.25, -0.2) is 23.4 Å². The van der Waals surface area contributed by atoms with E-state index in [1.54, 1.807) is 0 Å². The lowest BCUT2D eigenvalue weighted by Gasteiger charge is -2.02. The predicted octanol–water partition coefficient (Wildman–Crippen LogP) is 1.69. The molecule has 5 nitrogen and oxygen atoms in total. The van der Waals surface area contributed by atoms with Crippen molar-refractivity contribution in [3.05, 3.63) is 21.1 Å². The van der Waals surface area contributed by atoms with E-state index in [0.717, 1.165) is 9.83 Å². The monoisotopic (exact) mass is 369 g/mol. The summed E-state index contributed by atoms with van der Waals surface area (Å²) in [5.41, 5.74) is 0.496. The van der Waals surface area contributed by atoms with Crippen molar-refractivity contribution in [3.8, 4) is 0 Å². The van der Waals surface area contributed by atoms with Gasteiger partial charge in [0.2, 0.25) is 15.0 Å². The van der Waals surface area contributed by atoms with Gasteiger partial charge in [0.1, 0.15) is 5.15 Å². The highest BCUT2D eigenvalue weighted by molar-refractivity contribution is 14.1. The molecule has 0 aliphatic carbocycles. The molecule has 0 aromatic carbocycles. The van der Waals surface area contributed by atoms with E-state index in [0.29, 0.717) is 10.9 Å². The average Bonchev–Trinajstić information content (AvgIpc) is 2.22. The summed E-state index contributed by atoms with van der Waals surface area (Å²) in [6.45, 7) is 0. The summed E-state index contributed by atoms with van der Waals surface area (Å²) >= 11 is 7.87. The van der Waals surface area contributed by atoms with E-state index in [4.69, 9.17) is 11.6 Å². The van der Waals surface area contributed by atoms with E-state index < -0.39 is 9.84 Å². The highest BCUT2D eigenvalue weighted by Gasteiger charge is 2.14. The van der Waals surface area contributed by atoms with Crippen LogP contribution in [0, 0.1) is 3.57 Å². The standard InChI is InChI=1S/C8H5ClIN3O2S/c1-16(14,15)8-12-2-4-6(13-8)5(10)3-11-7(4)9/h2-3H,1H3. The SMILES string of the molecule is CS(=O)(=O)c1ncc2c(Cl)ncc(I)c2n1. The second kappa shape index (κ2) is 4.04. The molecule has 2 rings (SSSR count). The molecular formula is C8H5ClIN3O2S. The largest absolute Gasteiger partial charge is 0.247 e. The molecule has 0 unspecified atom stereocenters. The summed E-state index contributed by atoms with van der Waals surface area (Å²) < 4.78 is 23.3. The quantitative estimate of drug-likeness (QED) is 0.434. The third kappa shape index (κ3) is 2.11. The van der Waals surface area contributed by atoms with Crippen molar-refractivity contribution < 1.29 is 8.42 Å². The summed E-state index contributed by atoms with van der Waals surface area (Å²) in [6, 6.07) is 0. The molecule has 0 atom stereocenters. The maximum atomic E-state index is 11.3. The number of pyridine rings is 1. The number of fused-ring (bicyclic) bond motifs is 1. The van der Waals surface area contributed by atoms with Crippen LogP contribution in [0.5, 0.6) is 0 Å². The van der Waals surface area contributed by atoms with Gasteiger partial charge in [-0.15, -0.1) is 0 Å². The number of nitrogens with zero attached hydrogens (tertiary/aromatic N) is 3. The van der Waals surface area contributed by atoms with Crippen LogP contribution >= 0.6 is 34.2 Å². The van der Waals surface area contributed by atoms with E-state index in [1.807, 2.05) is 22.6 Å². The van der Waals surface area contributed by atoms with Crippen LogP contribution in [-0.2, 0) is 9.84 Å². The summed E-state index contributed by atoms with van der Waals surface area (Å²) in [7, 11) is -3.41. The molecule has 0 radical (unpaired) electrons. The molecular weight excluding hydrogens is 365 g/mol. The lowest BCUT2D eigenvalue weighted by atomic mass is 10.3. The number of aromatic nitrogens is 3. The van der Waals surface area contributed by atoms with E-state index in [1.165, 1.54) is 12.4 Å². The van der Waals surface area contributed by atoms with Gasteiger partial charge in [0, 0.05) is 18.6 Å². The number of hydrogen-bond acceptors (Lipinski definition) is 5. The van der Waals surface area contributed by atoms with Gasteiger partial charge in [0.05, 0.1) is 14.5 Å². The van der Waals surface area contributed by atoms with Crippen molar-refractivity contribution in [2.24, 2.45) is 0 Å². The van der Waals surface area contributed by atoms with Gasteiger partial charge in [-0.2, -0.15) is 0 Å². The Kier molecular flexibility index (Phi) is 3.01. The molecule has 2 aromatic rings. The maximum absolute atomic E-state index is 11.3. The third-order valence-electron chi connectivity index (χ3n) is 1.84. The van der Waals surface area contributed by atoms with Gasteiger partial charge in [-0.3, -0.25) is 0 Å². The Labute approximate surface area is 110 Å². The van der Waals surface area contributed by atoms with E-state index in [2.05, 4.69) is 15.0 Å². The zero-order chi connectivity index (χ0) is 11.9. The van der Waals surface area contributed by atoms with E-state index >= 15 is 0 Å². The molecule has 16 heavy (non-hydrogen) atoms. The fourth-order valence-electron chi connectivity index (χ4n) is 1.12. The molecule has 0 N–H and O–H groups in total. The molecule has 2 aromatic heterocycles. The fraction of sp³-hybridized carbons (Fsp3) is 0.125. The molecule has 0 aliphatic rings. The zero-order valence-corrected chi connectivity index (χ0v) is 11.7. The predicted molar refractivity (Wildman–Crippen MR) is 68.2 cm³/mol. The molecule has 0 aliphatic heterocycles. The van der Waals surface area contributed by atoms with Gasteiger partial charge >= 0.3 is 0 Å². The summed E-state index contributed by atoms with van der Waals surface area (Å²) in [6.07, 6.45) is 3.96. The Morgan fingerprint density at radius 3 is 2.62 bits per heavy atom. The highest BCUT2D eigenvalue weighted by atomic mass is 127. The summed E-state index contributed by atoms with van der Waals surface area (Å²) in [4.78, 5) is 11.7. The van der Waals surface area contributed by atoms with Crippen molar-refractivity contribution in [3.63, 3.8) is 0 Å². The van der Waals surface area contributed by atoms with Gasteiger partial charge < -0.3 is 0 Å². The average molecular weight is 370 g/mol. The maximum Gasteiger partial charge on any atom is 0.247 e. The first-order valence-electron chi connectivity index (χ1n) is 4.06. The number of halogens is 2. The Hall–Kier alpha value is -0.540. The minimum absolute atomic E-state index is 0.208. The van der Waals surface area contributed by atoms with Gasteiger partial charge in [0.15, 0.2) is 0 Å². The molecule has 0 saturated carbocycles. The van der Waals surface area contributed by atoms with Crippen LogP contribution in [0.15, 0.2) is 17.6 Å². The molecule has 84 valence electrons. The van der Waals surface area contributed by atoms with Crippen molar-refractivity contribution in [2.45, 2.75) is 5.16 Å². The Morgan fingerprint density at radius 1 is 1.31 bits per heavy atom. The van der Waals surface area contributed by atoms with Crippen LogP contribution in [0.1, 0.15) is 0 Å². The smallest absolute Gasteiger partial charge is 0.243 e. The fourth-order valence-corrected chi connectivity index (χ4v) is 2.36. The Balaban J connectivity index is 2.86. The van der Waals surface area contributed by atoms with Crippen molar-refractivity contribution in [1.82, 2.24) is 15.0 Å². The second-order valence-electron chi connectivity index (χ2n) is 3.08. The summed E-state index contributed by atoms with van der Waals surface area (Å²) in [5, 5.41) is 0.594. The Bertz CT molecular complexity index is 674. The number of hydrogen-bond donors (Lipinski definition) is 0. The number of sulfone groups is 1.